The Balaban J connectivity index is 1.20. The molecule has 29 heavy (non-hydrogen) atoms. The van der Waals surface area contributed by atoms with E-state index in [0.717, 1.165) is 49.8 Å². The van der Waals surface area contributed by atoms with Crippen LogP contribution in [-0.2, 0) is 24.3 Å². The Morgan fingerprint density at radius 1 is 1.07 bits per heavy atom. The number of amides is 1. The van der Waals surface area contributed by atoms with Gasteiger partial charge in [-0.05, 0) is 49.2 Å². The van der Waals surface area contributed by atoms with Crippen molar-refractivity contribution in [3.8, 4) is 0 Å². The van der Waals surface area contributed by atoms with E-state index in [1.54, 1.807) is 0 Å². The van der Waals surface area contributed by atoms with Gasteiger partial charge >= 0.3 is 0 Å². The van der Waals surface area contributed by atoms with Gasteiger partial charge in [-0.25, -0.2) is 4.98 Å². The lowest BCUT2D eigenvalue weighted by atomic mass is 10.2. The molecule has 3 aromatic rings. The second-order valence-electron chi connectivity index (χ2n) is 7.78. The van der Waals surface area contributed by atoms with E-state index in [9.17, 15) is 4.79 Å². The number of rotatable bonds is 4. The highest BCUT2D eigenvalue weighted by Gasteiger charge is 2.21. The molecule has 0 fully saturated rings. The number of fused-ring (bicyclic) bond motifs is 2. The maximum atomic E-state index is 12.5. The molecule has 0 bridgehead atoms. The largest absolute Gasteiger partial charge is 0.341 e. The predicted molar refractivity (Wildman–Crippen MR) is 114 cm³/mol. The van der Waals surface area contributed by atoms with Crippen molar-refractivity contribution < 1.29 is 4.79 Å². The summed E-state index contributed by atoms with van der Waals surface area (Å²) in [6, 6.07) is 16.7. The molecule has 5 rings (SSSR count). The van der Waals surface area contributed by atoms with Crippen LogP contribution in [0.3, 0.4) is 0 Å². The number of hydrogen-bond donors (Lipinski definition) is 1. The number of nitrogens with one attached hydrogen (secondary N) is 1. The van der Waals surface area contributed by atoms with Gasteiger partial charge in [-0.1, -0.05) is 18.2 Å². The fourth-order valence-corrected chi connectivity index (χ4v) is 4.37. The van der Waals surface area contributed by atoms with Crippen molar-refractivity contribution >= 4 is 23.0 Å². The van der Waals surface area contributed by atoms with Crippen LogP contribution in [-0.4, -0.2) is 40.0 Å². The number of carbonyl (C=O) groups excluding carboxylic acids is 1. The highest BCUT2D eigenvalue weighted by Crippen LogP contribution is 2.34. The molecule has 2 aliphatic rings. The Labute approximate surface area is 170 Å². The molecule has 2 aliphatic heterocycles. The Kier molecular flexibility index (Phi) is 4.56. The first-order valence-corrected chi connectivity index (χ1v) is 10.2. The SMILES string of the molecule is Cc1ncc2n1CCN(CC(=O)Nc1ccc(N3CCc4ccccc43)cc1)C2. The summed E-state index contributed by atoms with van der Waals surface area (Å²) < 4.78 is 2.23. The van der Waals surface area contributed by atoms with Crippen LogP contribution in [0.25, 0.3) is 0 Å². The van der Waals surface area contributed by atoms with Crippen LogP contribution in [0.5, 0.6) is 0 Å². The molecule has 6 heteroatoms. The summed E-state index contributed by atoms with van der Waals surface area (Å²) in [5, 5.41) is 3.03. The van der Waals surface area contributed by atoms with Crippen molar-refractivity contribution in [2.45, 2.75) is 26.4 Å². The summed E-state index contributed by atoms with van der Waals surface area (Å²) in [4.78, 5) is 21.4. The maximum Gasteiger partial charge on any atom is 0.238 e. The van der Waals surface area contributed by atoms with Crippen LogP contribution < -0.4 is 10.2 Å². The molecule has 0 saturated carbocycles. The van der Waals surface area contributed by atoms with Gasteiger partial charge in [0.05, 0.1) is 12.2 Å². The number of aromatic nitrogens is 2. The number of carbonyl (C=O) groups is 1. The topological polar surface area (TPSA) is 53.4 Å². The number of benzene rings is 2. The third-order valence-corrected chi connectivity index (χ3v) is 5.88. The first-order chi connectivity index (χ1) is 14.2. The summed E-state index contributed by atoms with van der Waals surface area (Å²) in [7, 11) is 0. The van der Waals surface area contributed by atoms with Gasteiger partial charge in [0.15, 0.2) is 0 Å². The fraction of sp³-hybridized carbons (Fsp3) is 0.304. The maximum absolute atomic E-state index is 12.5. The lowest BCUT2D eigenvalue weighted by Crippen LogP contribution is -2.39. The van der Waals surface area contributed by atoms with Crippen LogP contribution in [0.1, 0.15) is 17.1 Å². The summed E-state index contributed by atoms with van der Waals surface area (Å²) >= 11 is 0. The molecular weight excluding hydrogens is 362 g/mol. The monoisotopic (exact) mass is 387 g/mol. The third-order valence-electron chi connectivity index (χ3n) is 5.88. The van der Waals surface area contributed by atoms with Crippen molar-refractivity contribution in [2.75, 3.05) is 29.9 Å². The molecule has 0 radical (unpaired) electrons. The zero-order valence-corrected chi connectivity index (χ0v) is 16.6. The average molecular weight is 387 g/mol. The molecule has 148 valence electrons. The number of imidazole rings is 1. The van der Waals surface area contributed by atoms with Crippen LogP contribution in [0.4, 0.5) is 17.1 Å². The minimum Gasteiger partial charge on any atom is -0.341 e. The zero-order valence-electron chi connectivity index (χ0n) is 16.6. The molecule has 1 aromatic heterocycles. The number of anilines is 3. The fourth-order valence-electron chi connectivity index (χ4n) is 4.37. The van der Waals surface area contributed by atoms with Gasteiger partial charge in [-0.2, -0.15) is 0 Å². The first kappa shape index (κ1) is 17.9. The van der Waals surface area contributed by atoms with Gasteiger partial charge in [-0.15, -0.1) is 0 Å². The van der Waals surface area contributed by atoms with Crippen molar-refractivity contribution in [1.29, 1.82) is 0 Å². The summed E-state index contributed by atoms with van der Waals surface area (Å²) in [6.07, 6.45) is 2.98. The van der Waals surface area contributed by atoms with E-state index in [1.165, 1.54) is 16.9 Å². The normalized spacial score (nSPS) is 15.8. The van der Waals surface area contributed by atoms with E-state index in [2.05, 4.69) is 61.1 Å². The van der Waals surface area contributed by atoms with E-state index in [-0.39, 0.29) is 5.91 Å². The van der Waals surface area contributed by atoms with E-state index in [0.29, 0.717) is 6.54 Å². The molecule has 0 spiro atoms. The Bertz CT molecular complexity index is 1040. The molecule has 6 nitrogen and oxygen atoms in total. The number of nitrogens with zero attached hydrogens (tertiary/aromatic N) is 4. The van der Waals surface area contributed by atoms with Gasteiger partial charge < -0.3 is 14.8 Å². The lowest BCUT2D eigenvalue weighted by Gasteiger charge is -2.28. The molecule has 0 atom stereocenters. The number of para-hydroxylation sites is 1. The standard InChI is InChI=1S/C23H25N5O/c1-17-24-14-21-15-26(12-13-27(17)21)16-23(29)25-19-6-8-20(9-7-19)28-11-10-18-4-2-3-5-22(18)28/h2-9,14H,10-13,15-16H2,1H3,(H,25,29). The second-order valence-corrected chi connectivity index (χ2v) is 7.78. The van der Waals surface area contributed by atoms with E-state index in [4.69, 9.17) is 0 Å². The number of aryl methyl sites for hydroxylation is 1. The van der Waals surface area contributed by atoms with Crippen LogP contribution in [0, 0.1) is 6.92 Å². The first-order valence-electron chi connectivity index (χ1n) is 10.2. The minimum atomic E-state index is 0.0222. The molecule has 0 saturated heterocycles. The number of hydrogen-bond acceptors (Lipinski definition) is 4. The predicted octanol–water partition coefficient (Wildman–Crippen LogP) is 3.34. The minimum absolute atomic E-state index is 0.0222. The molecule has 2 aromatic carbocycles. The van der Waals surface area contributed by atoms with Crippen LogP contribution in [0.2, 0.25) is 0 Å². The second kappa shape index (κ2) is 7.37. The third kappa shape index (κ3) is 3.51. The van der Waals surface area contributed by atoms with Gasteiger partial charge in [0.25, 0.3) is 0 Å². The van der Waals surface area contributed by atoms with E-state index < -0.39 is 0 Å². The van der Waals surface area contributed by atoms with Gasteiger partial charge in [0, 0.05) is 49.4 Å². The quantitative estimate of drug-likeness (QED) is 0.746. The smallest absolute Gasteiger partial charge is 0.238 e. The summed E-state index contributed by atoms with van der Waals surface area (Å²) in [6.45, 7) is 5.94. The molecule has 0 unspecified atom stereocenters. The van der Waals surface area contributed by atoms with Gasteiger partial charge in [-0.3, -0.25) is 9.69 Å². The molecule has 1 N–H and O–H groups in total. The van der Waals surface area contributed by atoms with Crippen molar-refractivity contribution in [2.24, 2.45) is 0 Å². The zero-order chi connectivity index (χ0) is 19.8. The Hall–Kier alpha value is -3.12. The highest BCUT2D eigenvalue weighted by molar-refractivity contribution is 5.92. The summed E-state index contributed by atoms with van der Waals surface area (Å²) in [5.74, 6) is 1.07. The van der Waals surface area contributed by atoms with Crippen molar-refractivity contribution in [1.82, 2.24) is 14.5 Å². The molecular formula is C23H25N5O. The van der Waals surface area contributed by atoms with E-state index >= 15 is 0 Å². The average Bonchev–Trinajstić information content (AvgIpc) is 3.32. The Morgan fingerprint density at radius 3 is 2.76 bits per heavy atom. The highest BCUT2D eigenvalue weighted by atomic mass is 16.2. The van der Waals surface area contributed by atoms with Crippen molar-refractivity contribution in [3.63, 3.8) is 0 Å². The molecule has 3 heterocycles. The van der Waals surface area contributed by atoms with Crippen LogP contribution in [0.15, 0.2) is 54.7 Å². The van der Waals surface area contributed by atoms with Crippen molar-refractivity contribution in [3.05, 3.63) is 71.8 Å². The van der Waals surface area contributed by atoms with Crippen LogP contribution >= 0.6 is 0 Å². The lowest BCUT2D eigenvalue weighted by molar-refractivity contribution is -0.117. The molecule has 1 amide bonds. The Morgan fingerprint density at radius 2 is 1.90 bits per heavy atom. The van der Waals surface area contributed by atoms with Gasteiger partial charge in [0.2, 0.25) is 5.91 Å². The van der Waals surface area contributed by atoms with Gasteiger partial charge in [0.1, 0.15) is 5.82 Å². The molecule has 0 aliphatic carbocycles. The summed E-state index contributed by atoms with van der Waals surface area (Å²) in [5.41, 5.74) is 5.85. The van der Waals surface area contributed by atoms with E-state index in [1.807, 2.05) is 25.3 Å².